The molecule has 0 radical (unpaired) electrons. The third-order valence-corrected chi connectivity index (χ3v) is 8.85. The number of nitrogens with zero attached hydrogens (tertiary/aromatic N) is 2. The molecule has 0 aliphatic rings. The Kier molecular flexibility index (Phi) is 3.72. The molecule has 0 aliphatic carbocycles. The van der Waals surface area contributed by atoms with Gasteiger partial charge in [0.1, 0.15) is 0 Å². The molecule has 0 aliphatic heterocycles. The number of hydrogen-bond donors (Lipinski definition) is 0. The highest BCUT2D eigenvalue weighted by molar-refractivity contribution is 6.13. The van der Waals surface area contributed by atoms with E-state index in [0.29, 0.717) is 33.6 Å². The molecular formula is C48H32N2. The van der Waals surface area contributed by atoms with Gasteiger partial charge < -0.3 is 9.13 Å². The number of benzene rings is 8. The lowest BCUT2D eigenvalue weighted by molar-refractivity contribution is 1.18. The van der Waals surface area contributed by atoms with Gasteiger partial charge in [0, 0.05) is 32.8 Å². The summed E-state index contributed by atoms with van der Waals surface area (Å²) < 4.78 is 156. The number of hydrogen-bond acceptors (Lipinski definition) is 0. The number of rotatable bonds is 5. The smallest absolute Gasteiger partial charge is 0.0645 e. The molecule has 2 heterocycles. The predicted octanol–water partition coefficient (Wildman–Crippen LogP) is 12.9. The SMILES string of the molecule is [2H]c1ccc(-c2cc([2H])ccc2-n2c3c([2H])c([2H])c([2H])cc3c3c([2H])c(-c4c([2H])c([2H])c5c(c4[2H])c4c([2H])c([2H])c([2H])c([2H])c4n5-c4ccc(-c5ccc([2H])cc5[2H])cc4)c([2H])c([2H])c32)cc1. The fourth-order valence-corrected chi connectivity index (χ4v) is 6.58. The summed E-state index contributed by atoms with van der Waals surface area (Å²) in [6, 6.07) is 17.2. The van der Waals surface area contributed by atoms with Crippen LogP contribution in [0.5, 0.6) is 0 Å². The second-order valence-corrected chi connectivity index (χ2v) is 11.6. The van der Waals surface area contributed by atoms with Crippen LogP contribution in [0, 0.1) is 0 Å². The molecule has 0 N–H and O–H groups in total. The van der Waals surface area contributed by atoms with Crippen molar-refractivity contribution < 1.29 is 23.3 Å². The van der Waals surface area contributed by atoms with Gasteiger partial charge in [0.2, 0.25) is 0 Å². The quantitative estimate of drug-likeness (QED) is 0.175. The summed E-state index contributed by atoms with van der Waals surface area (Å²) in [4.78, 5) is 0. The first kappa shape index (κ1) is 16.2. The summed E-state index contributed by atoms with van der Waals surface area (Å²) in [6.07, 6.45) is 0. The summed E-state index contributed by atoms with van der Waals surface area (Å²) in [7, 11) is 0. The maximum atomic E-state index is 9.86. The molecule has 0 bridgehead atoms. The molecule has 2 nitrogen and oxygen atoms in total. The maximum absolute atomic E-state index is 9.86. The van der Waals surface area contributed by atoms with Gasteiger partial charge in [-0.25, -0.2) is 0 Å². The first-order valence-electron chi connectivity index (χ1n) is 24.3. The molecule has 0 amide bonds. The van der Waals surface area contributed by atoms with E-state index in [1.807, 2.05) is 0 Å². The van der Waals surface area contributed by atoms with Crippen LogP contribution >= 0.6 is 0 Å². The van der Waals surface area contributed by atoms with Crippen molar-refractivity contribution in [3.05, 3.63) is 194 Å². The van der Waals surface area contributed by atoms with Gasteiger partial charge in [0.15, 0.2) is 0 Å². The van der Waals surface area contributed by atoms with Crippen LogP contribution in [0.15, 0.2) is 194 Å². The van der Waals surface area contributed by atoms with Crippen LogP contribution in [-0.4, -0.2) is 9.13 Å². The lowest BCUT2D eigenvalue weighted by atomic mass is 10.0. The molecule has 10 rings (SSSR count). The molecule has 0 spiro atoms. The topological polar surface area (TPSA) is 9.86 Å². The first-order valence-corrected chi connectivity index (χ1v) is 15.8. The molecule has 2 aromatic heterocycles. The number of fused-ring (bicyclic) bond motifs is 6. The largest absolute Gasteiger partial charge is 0.309 e. The third-order valence-electron chi connectivity index (χ3n) is 8.85. The molecule has 0 fully saturated rings. The van der Waals surface area contributed by atoms with Crippen molar-refractivity contribution in [1.82, 2.24) is 9.13 Å². The van der Waals surface area contributed by atoms with Crippen LogP contribution in [0.25, 0.3) is 88.4 Å². The fourth-order valence-electron chi connectivity index (χ4n) is 6.58. The van der Waals surface area contributed by atoms with Crippen LogP contribution in [-0.2, 0) is 0 Å². The first-order chi connectivity index (χ1) is 31.8. The highest BCUT2D eigenvalue weighted by atomic mass is 15.0. The second-order valence-electron chi connectivity index (χ2n) is 11.6. The summed E-state index contributed by atoms with van der Waals surface area (Å²) in [6.45, 7) is 0. The van der Waals surface area contributed by atoms with Crippen molar-refractivity contribution in [3.8, 4) is 44.8 Å². The van der Waals surface area contributed by atoms with E-state index in [0.717, 1.165) is 0 Å². The minimum absolute atomic E-state index is 0.0110. The monoisotopic (exact) mass is 653 g/mol. The Morgan fingerprint density at radius 3 is 1.74 bits per heavy atom. The highest BCUT2D eigenvalue weighted by Crippen LogP contribution is 2.40. The number of para-hydroxylation sites is 3. The lowest BCUT2D eigenvalue weighted by Crippen LogP contribution is -1.97. The van der Waals surface area contributed by atoms with E-state index in [4.69, 9.17) is 15.1 Å². The zero-order valence-electron chi connectivity index (χ0n) is 43.1. The Hall–Kier alpha value is -6.64. The summed E-state index contributed by atoms with van der Waals surface area (Å²) in [5.74, 6) is 0. The van der Waals surface area contributed by atoms with E-state index in [9.17, 15) is 8.22 Å². The predicted molar refractivity (Wildman–Crippen MR) is 211 cm³/mol. The summed E-state index contributed by atoms with van der Waals surface area (Å²) >= 11 is 0. The van der Waals surface area contributed by atoms with E-state index >= 15 is 0 Å². The van der Waals surface area contributed by atoms with Crippen molar-refractivity contribution in [2.45, 2.75) is 0 Å². The third kappa shape index (κ3) is 4.50. The number of aromatic nitrogens is 2. The molecule has 10 aromatic rings. The molecular weight excluding hydrogens is 605 g/mol. The van der Waals surface area contributed by atoms with Gasteiger partial charge in [0.05, 0.1) is 51.1 Å². The van der Waals surface area contributed by atoms with Gasteiger partial charge in [-0.05, 0) is 82.3 Å². The Balaban J connectivity index is 1.31. The molecule has 0 unspecified atom stereocenters. The van der Waals surface area contributed by atoms with Crippen LogP contribution in [0.3, 0.4) is 0 Å². The van der Waals surface area contributed by atoms with E-state index in [2.05, 4.69) is 0 Å². The van der Waals surface area contributed by atoms with Crippen molar-refractivity contribution in [2.24, 2.45) is 0 Å². The van der Waals surface area contributed by atoms with Crippen LogP contribution in [0.1, 0.15) is 23.3 Å². The Bertz CT molecular complexity index is 3820. The fraction of sp³-hybridized carbons (Fsp3) is 0. The van der Waals surface area contributed by atoms with Gasteiger partial charge >= 0.3 is 0 Å². The zero-order chi connectivity index (χ0) is 47.8. The van der Waals surface area contributed by atoms with Crippen LogP contribution in [0.2, 0.25) is 0 Å². The van der Waals surface area contributed by atoms with Crippen molar-refractivity contribution in [3.63, 3.8) is 0 Å². The van der Waals surface area contributed by atoms with Gasteiger partial charge in [-0.2, -0.15) is 0 Å². The van der Waals surface area contributed by atoms with Crippen molar-refractivity contribution in [1.29, 1.82) is 0 Å². The van der Waals surface area contributed by atoms with E-state index in [1.165, 1.54) is 27.3 Å². The standard InChI is InChI=1S/C48H32N2/c1-3-13-33(14-4-1)34-23-27-38(28-24-34)49-45-21-11-8-18-40(45)42-31-36(25-29-47(42)49)37-26-30-48-43(32-37)41-19-9-12-22-46(41)50(48)44-20-10-7-17-39(44)35-15-5-2-6-16-35/h1-32H/i1D,2D,7D,8D,9D,11D,12D,13D,18D,21D,22D,25D,26D,29D,30D,31D,32D. The van der Waals surface area contributed by atoms with Gasteiger partial charge in [0.25, 0.3) is 0 Å². The van der Waals surface area contributed by atoms with Crippen LogP contribution in [0.4, 0.5) is 0 Å². The molecule has 50 heavy (non-hydrogen) atoms. The molecule has 0 saturated heterocycles. The molecule has 2 heteroatoms. The van der Waals surface area contributed by atoms with E-state index < -0.39 is 83.6 Å². The Morgan fingerprint density at radius 1 is 0.340 bits per heavy atom. The summed E-state index contributed by atoms with van der Waals surface area (Å²) in [5.41, 5.74) is 1.57. The molecule has 0 atom stereocenters. The average Bonchev–Trinajstić information content (AvgIpc) is 3.84. The average molecular weight is 654 g/mol. The van der Waals surface area contributed by atoms with Crippen molar-refractivity contribution >= 4 is 43.6 Å². The minimum Gasteiger partial charge on any atom is -0.309 e. The van der Waals surface area contributed by atoms with E-state index in [-0.39, 0.29) is 73.8 Å². The summed E-state index contributed by atoms with van der Waals surface area (Å²) in [5, 5.41) is -0.307. The minimum atomic E-state index is -0.644. The molecule has 0 saturated carbocycles. The van der Waals surface area contributed by atoms with E-state index in [1.54, 1.807) is 72.8 Å². The normalized spacial score (nSPS) is 16.4. The maximum Gasteiger partial charge on any atom is 0.0645 e. The Morgan fingerprint density at radius 2 is 0.960 bits per heavy atom. The van der Waals surface area contributed by atoms with Crippen LogP contribution < -0.4 is 0 Å². The second kappa shape index (κ2) is 11.5. The Labute approximate surface area is 314 Å². The zero-order valence-corrected chi connectivity index (χ0v) is 26.1. The van der Waals surface area contributed by atoms with Crippen molar-refractivity contribution in [2.75, 3.05) is 0 Å². The van der Waals surface area contributed by atoms with Gasteiger partial charge in [-0.1, -0.05) is 139 Å². The molecule has 8 aromatic carbocycles. The lowest BCUT2D eigenvalue weighted by Gasteiger charge is -2.14. The highest BCUT2D eigenvalue weighted by Gasteiger charge is 2.17. The van der Waals surface area contributed by atoms with Gasteiger partial charge in [-0.15, -0.1) is 0 Å². The van der Waals surface area contributed by atoms with Gasteiger partial charge in [-0.3, -0.25) is 0 Å². The molecule has 234 valence electrons.